The first-order valence-corrected chi connectivity index (χ1v) is 44.7. The van der Waals surface area contributed by atoms with E-state index in [0.717, 1.165) is 22.0 Å². The maximum Gasteiger partial charge on any atom is 0.330 e. The number of ketones is 2. The Hall–Kier alpha value is -19.4. The predicted molar refractivity (Wildman–Crippen MR) is 528 cm³/mol. The molecular weight excluding hydrogens is 1800 g/mol. The van der Waals surface area contributed by atoms with E-state index in [9.17, 15) is 19.2 Å². The van der Waals surface area contributed by atoms with Gasteiger partial charge < -0.3 is 58.0 Å². The van der Waals surface area contributed by atoms with Crippen molar-refractivity contribution in [3.8, 4) is 92.5 Å². The van der Waals surface area contributed by atoms with Crippen LogP contribution in [0.25, 0.3) is 43.1 Å². The van der Waals surface area contributed by atoms with Crippen LogP contribution in [-0.2, 0) is 77.1 Å². The van der Waals surface area contributed by atoms with E-state index in [1.807, 2.05) is 0 Å². The van der Waals surface area contributed by atoms with Gasteiger partial charge in [-0.3, -0.25) is 48.2 Å². The van der Waals surface area contributed by atoms with Crippen LogP contribution in [0, 0.1) is 0 Å². The van der Waals surface area contributed by atoms with Gasteiger partial charge in [-0.2, -0.15) is 0 Å². The van der Waals surface area contributed by atoms with Crippen LogP contribution < -0.4 is 48.5 Å². The number of imide groups is 2. The summed E-state index contributed by atoms with van der Waals surface area (Å²) in [6.45, 7) is 13.9. The lowest BCUT2D eigenvalue weighted by atomic mass is 9.80. The maximum atomic E-state index is 17.0. The molecule has 0 radical (unpaired) electrons. The summed E-state index contributed by atoms with van der Waals surface area (Å²) < 4.78 is 67.3. The first kappa shape index (κ1) is 91.7. The molecule has 2 aliphatic rings. The molecule has 142 heavy (non-hydrogen) atoms. The van der Waals surface area contributed by atoms with Crippen molar-refractivity contribution < 1.29 is 95.3 Å². The summed E-state index contributed by atoms with van der Waals surface area (Å²) in [6, 6.07) is 75.6. The van der Waals surface area contributed by atoms with Gasteiger partial charge in [0.15, 0.2) is 11.6 Å². The van der Waals surface area contributed by atoms with E-state index in [1.165, 1.54) is 73.3 Å². The molecule has 28 heteroatoms. The van der Waals surface area contributed by atoms with Gasteiger partial charge in [-0.15, -0.1) is 0 Å². The van der Waals surface area contributed by atoms with E-state index in [0.29, 0.717) is 44.8 Å². The van der Waals surface area contributed by atoms with Gasteiger partial charge in [-0.05, 0) is 203 Å². The zero-order valence-electron chi connectivity index (χ0n) is 75.4. The van der Waals surface area contributed by atoms with Crippen molar-refractivity contribution in [2.24, 2.45) is 0 Å². The number of hydrogen-bond donors (Lipinski definition) is 2. The summed E-state index contributed by atoms with van der Waals surface area (Å²) in [5.41, 5.74) is 3.34. The van der Waals surface area contributed by atoms with Crippen molar-refractivity contribution in [3.05, 3.63) is 422 Å². The van der Waals surface area contributed by atoms with E-state index in [1.54, 1.807) is 255 Å². The van der Waals surface area contributed by atoms with Gasteiger partial charge in [0, 0.05) is 129 Å². The van der Waals surface area contributed by atoms with Crippen LogP contribution in [-0.4, -0.2) is 101 Å². The van der Waals surface area contributed by atoms with Crippen LogP contribution in [0.3, 0.4) is 0 Å². The molecule has 0 aliphatic carbocycles. The molecule has 696 valence electrons. The van der Waals surface area contributed by atoms with Crippen molar-refractivity contribution >= 4 is 113 Å². The molecule has 0 bridgehead atoms. The molecule has 2 N–H and O–H groups in total. The smallest absolute Gasteiger partial charge is 0.330 e. The van der Waals surface area contributed by atoms with Crippen LogP contribution in [0.1, 0.15) is 74.8 Å². The standard InChI is InChI=1S/C114H80N8O20/c1-5-75(123)53-71-45-49-115-97(57-71)139-81-37-29-77(30-38-81)135-91-61-85-101-86(110(128)121(109(85)127)89(55-67-21-13-9-14-22-67)113(131)133-65-69-25-17-11-18-26-69)62-92(136-78-31-39-82(40-32-78)140-98-58-72(46-50-116-98)54-76(124)6-2)104-106-94(138-80-35-43-84(44-36-80)142-100-60-74(48-52-118-100)120-96(126)8-4)64-88-102-87(111(129)122(112(88)130)90(56-68-23-15-10-16-24-68)114(132)134-66-70-27-19-12-20-28-70)63-93(105(108(102)106)103(91)107(101)104)137-79-33-41-83(42-34-79)141-99-59-73(47-51-117-99)119-95(125)7-3/h5-52,57-64,89-90H,1-4,53-56,65-66H2,(H,117,119,125)(H,118,120,126). The number of anilines is 2. The number of amides is 6. The Morgan fingerprint density at radius 1 is 0.282 bits per heavy atom. The minimum absolute atomic E-state index is 0.0207. The second kappa shape index (κ2) is 40.7. The predicted octanol–water partition coefficient (Wildman–Crippen LogP) is 22.4. The number of carbonyl (C=O) groups excluding carboxylic acids is 10. The lowest BCUT2D eigenvalue weighted by molar-refractivity contribution is -0.150. The molecule has 6 amide bonds. The fourth-order valence-electron chi connectivity index (χ4n) is 16.9. The van der Waals surface area contributed by atoms with Crippen molar-refractivity contribution in [3.63, 3.8) is 0 Å². The Morgan fingerprint density at radius 2 is 0.542 bits per heavy atom. The number of benzene rings is 13. The molecule has 2 aliphatic heterocycles. The van der Waals surface area contributed by atoms with E-state index in [4.69, 9.17) is 47.4 Å². The molecule has 0 fully saturated rings. The number of nitrogens with zero attached hydrogens (tertiary/aromatic N) is 6. The summed E-state index contributed by atoms with van der Waals surface area (Å²) in [6.07, 6.45) is 10.1. The van der Waals surface area contributed by atoms with E-state index in [2.05, 4.69) is 56.9 Å². The minimum atomic E-state index is -1.70. The third-order valence-corrected chi connectivity index (χ3v) is 23.4. The third-order valence-electron chi connectivity index (χ3n) is 23.4. The molecule has 0 spiro atoms. The van der Waals surface area contributed by atoms with E-state index in [-0.39, 0.29) is 208 Å². The Labute approximate surface area is 810 Å². The topological polar surface area (TPSA) is 345 Å². The Kier molecular flexibility index (Phi) is 26.3. The number of pyridine rings is 4. The van der Waals surface area contributed by atoms with Gasteiger partial charge in [0.25, 0.3) is 23.6 Å². The SMILES string of the molecule is C=CC(=O)Cc1ccnc(Oc2ccc(Oc3cc4c5c(cc(Oc6ccc(Oc7cc(CC(=O)C=C)ccn7)cc6)c6c7c(Oc8ccc(Oc9cc(NC(=O)C=C)ccn9)cc8)cc8c9c(cc(Oc%10ccc(Oc%11cc(NC(=O)C=C)ccn%11)cc%10)c(c3c56)c97)C(=O)N(C(Cc3ccccc3)C(=O)OCc3ccccc3)C8=O)C(=O)N(C(Cc3ccccc3)C(=O)OCc3ccccc3)C4=O)cc2)c1. The number of nitrogens with one attached hydrogen (secondary N) is 2. The molecule has 28 nitrogen and oxygen atoms in total. The first-order valence-electron chi connectivity index (χ1n) is 44.7. The molecule has 0 saturated heterocycles. The Balaban J connectivity index is 0.892. The molecule has 6 heterocycles. The summed E-state index contributed by atoms with van der Waals surface area (Å²) in [4.78, 5) is 169. The molecular formula is C114H80N8O20. The average Bonchev–Trinajstić information content (AvgIpc) is 0.668. The first-order chi connectivity index (χ1) is 69.2. The molecule has 0 saturated carbocycles. The maximum absolute atomic E-state index is 17.0. The molecule has 17 aromatic rings. The third kappa shape index (κ3) is 19.9. The number of ether oxygens (including phenoxy) is 10. The Bertz CT molecular complexity index is 7090. The van der Waals surface area contributed by atoms with Gasteiger partial charge in [-0.25, -0.2) is 29.5 Å². The molecule has 2 unspecified atom stereocenters. The molecule has 19 rings (SSSR count). The van der Waals surface area contributed by atoms with Crippen LogP contribution >= 0.6 is 0 Å². The quantitative estimate of drug-likeness (QED) is 0.0119. The van der Waals surface area contributed by atoms with Crippen molar-refractivity contribution in [2.45, 2.75) is 51.0 Å². The van der Waals surface area contributed by atoms with Gasteiger partial charge in [0.1, 0.15) is 94.3 Å². The largest absolute Gasteiger partial charge is 0.459 e. The highest BCUT2D eigenvalue weighted by Crippen LogP contribution is 2.59. The summed E-state index contributed by atoms with van der Waals surface area (Å²) in [5, 5.41) is 5.53. The summed E-state index contributed by atoms with van der Waals surface area (Å²) in [5.74, 6) is -6.28. The second-order valence-electron chi connectivity index (χ2n) is 32.8. The van der Waals surface area contributed by atoms with Crippen LogP contribution in [0.2, 0.25) is 0 Å². The molecule has 2 atom stereocenters. The van der Waals surface area contributed by atoms with Gasteiger partial charge in [0.2, 0.25) is 35.3 Å². The number of rotatable bonds is 38. The van der Waals surface area contributed by atoms with E-state index < -0.39 is 59.5 Å². The Morgan fingerprint density at radius 3 is 0.817 bits per heavy atom. The van der Waals surface area contributed by atoms with Gasteiger partial charge in [0.05, 0.1) is 22.3 Å². The van der Waals surface area contributed by atoms with E-state index >= 15 is 28.8 Å². The minimum Gasteiger partial charge on any atom is -0.459 e. The lowest BCUT2D eigenvalue weighted by Gasteiger charge is -2.35. The average molecular weight is 1880 g/mol. The van der Waals surface area contributed by atoms with Gasteiger partial charge >= 0.3 is 11.9 Å². The van der Waals surface area contributed by atoms with Crippen molar-refractivity contribution in [2.75, 3.05) is 10.6 Å². The highest BCUT2D eigenvalue weighted by Gasteiger charge is 2.47. The van der Waals surface area contributed by atoms with Crippen molar-refractivity contribution in [1.82, 2.24) is 29.7 Å². The normalized spacial score (nSPS) is 12.4. The number of allylic oxidation sites excluding steroid dienone is 2. The number of aromatic nitrogens is 4. The highest BCUT2D eigenvalue weighted by molar-refractivity contribution is 6.45. The highest BCUT2D eigenvalue weighted by atomic mass is 16.5. The monoisotopic (exact) mass is 1880 g/mol. The fourth-order valence-corrected chi connectivity index (χ4v) is 16.9. The van der Waals surface area contributed by atoms with Crippen LogP contribution in [0.5, 0.6) is 92.5 Å². The van der Waals surface area contributed by atoms with Gasteiger partial charge in [-0.1, -0.05) is 148 Å². The summed E-state index contributed by atoms with van der Waals surface area (Å²) in [7, 11) is 0. The zero-order valence-corrected chi connectivity index (χ0v) is 75.4. The lowest BCUT2D eigenvalue weighted by Crippen LogP contribution is -2.52. The molecule has 13 aromatic carbocycles. The van der Waals surface area contributed by atoms with Crippen molar-refractivity contribution in [1.29, 1.82) is 0 Å². The number of hydrogen-bond acceptors (Lipinski definition) is 24. The zero-order chi connectivity index (χ0) is 98.0. The second-order valence-corrected chi connectivity index (χ2v) is 32.8. The summed E-state index contributed by atoms with van der Waals surface area (Å²) >= 11 is 0. The number of fused-ring (bicyclic) bond motifs is 2. The number of carbonyl (C=O) groups is 10. The molecule has 4 aromatic heterocycles. The van der Waals surface area contributed by atoms with Crippen LogP contribution in [0.15, 0.2) is 367 Å². The number of esters is 2. The van der Waals surface area contributed by atoms with Crippen LogP contribution in [0.4, 0.5) is 11.4 Å². The fraction of sp³-hybridized carbons (Fsp3) is 0.0702.